The molecule has 0 aliphatic rings. The van der Waals surface area contributed by atoms with Gasteiger partial charge < -0.3 is 10.4 Å². The van der Waals surface area contributed by atoms with Gasteiger partial charge in [-0.05, 0) is 48.4 Å². The van der Waals surface area contributed by atoms with Crippen LogP contribution < -0.4 is 5.32 Å². The summed E-state index contributed by atoms with van der Waals surface area (Å²) in [5.41, 5.74) is 3.42. The molecular formula is C15H14ClNO2. The zero-order valence-corrected chi connectivity index (χ0v) is 11.2. The quantitative estimate of drug-likeness (QED) is 0.888. The minimum Gasteiger partial charge on any atom is -0.478 e. The van der Waals surface area contributed by atoms with Crippen molar-refractivity contribution in [1.82, 2.24) is 0 Å². The molecule has 0 aliphatic heterocycles. The maximum atomic E-state index is 10.7. The molecule has 4 heteroatoms. The summed E-state index contributed by atoms with van der Waals surface area (Å²) < 4.78 is 0. The van der Waals surface area contributed by atoms with Crippen LogP contribution in [0.25, 0.3) is 0 Å². The fraction of sp³-hybridized carbons (Fsp3) is 0.133. The molecule has 98 valence electrons. The smallest absolute Gasteiger partial charge is 0.335 e. The molecular weight excluding hydrogens is 262 g/mol. The molecule has 2 aromatic rings. The molecule has 0 amide bonds. The van der Waals surface area contributed by atoms with Gasteiger partial charge >= 0.3 is 5.97 Å². The van der Waals surface area contributed by atoms with Gasteiger partial charge in [0.2, 0.25) is 0 Å². The van der Waals surface area contributed by atoms with Gasteiger partial charge in [-0.2, -0.15) is 0 Å². The molecule has 0 spiro atoms. The number of hydrogen-bond donors (Lipinski definition) is 2. The van der Waals surface area contributed by atoms with E-state index < -0.39 is 5.97 Å². The first-order chi connectivity index (χ1) is 9.06. The molecule has 19 heavy (non-hydrogen) atoms. The summed E-state index contributed by atoms with van der Waals surface area (Å²) in [6, 6.07) is 12.5. The predicted molar refractivity (Wildman–Crippen MR) is 76.9 cm³/mol. The number of carboxylic acid groups (broad SMARTS) is 1. The summed E-state index contributed by atoms with van der Waals surface area (Å²) in [6.07, 6.45) is 0. The highest BCUT2D eigenvalue weighted by atomic mass is 35.5. The lowest BCUT2D eigenvalue weighted by Gasteiger charge is -2.10. The van der Waals surface area contributed by atoms with Crippen molar-refractivity contribution in [1.29, 1.82) is 0 Å². The zero-order valence-electron chi connectivity index (χ0n) is 10.5. The third-order valence-corrected chi connectivity index (χ3v) is 3.11. The fourth-order valence-electron chi connectivity index (χ4n) is 1.79. The second-order valence-electron chi connectivity index (χ2n) is 4.31. The highest BCUT2D eigenvalue weighted by molar-refractivity contribution is 6.30. The predicted octanol–water partition coefficient (Wildman–Crippen LogP) is 3.96. The van der Waals surface area contributed by atoms with Crippen molar-refractivity contribution in [2.75, 3.05) is 5.32 Å². The number of nitrogens with one attached hydrogen (secondary N) is 1. The van der Waals surface area contributed by atoms with Crippen LogP contribution >= 0.6 is 11.6 Å². The van der Waals surface area contributed by atoms with Crippen LogP contribution in [0.2, 0.25) is 5.02 Å². The number of carboxylic acids is 1. The number of halogens is 1. The Morgan fingerprint density at radius 3 is 2.47 bits per heavy atom. The van der Waals surface area contributed by atoms with Gasteiger partial charge in [-0.25, -0.2) is 4.79 Å². The van der Waals surface area contributed by atoms with Crippen molar-refractivity contribution in [2.45, 2.75) is 13.5 Å². The zero-order chi connectivity index (χ0) is 13.8. The number of aromatic carboxylic acids is 1. The SMILES string of the molecule is Cc1cc(Cl)ccc1NCc1ccc(C(=O)O)cc1. The lowest BCUT2D eigenvalue weighted by Crippen LogP contribution is -2.02. The van der Waals surface area contributed by atoms with Crippen molar-refractivity contribution in [2.24, 2.45) is 0 Å². The van der Waals surface area contributed by atoms with E-state index in [1.807, 2.05) is 37.3 Å². The van der Waals surface area contributed by atoms with E-state index in [1.54, 1.807) is 12.1 Å². The highest BCUT2D eigenvalue weighted by Gasteiger charge is 2.02. The molecule has 0 saturated carbocycles. The molecule has 2 aromatic carbocycles. The molecule has 0 atom stereocenters. The summed E-state index contributed by atoms with van der Waals surface area (Å²) in [7, 11) is 0. The van der Waals surface area contributed by atoms with Gasteiger partial charge in [0.1, 0.15) is 0 Å². The van der Waals surface area contributed by atoms with E-state index in [0.717, 1.165) is 16.8 Å². The number of carbonyl (C=O) groups is 1. The first-order valence-corrected chi connectivity index (χ1v) is 6.26. The summed E-state index contributed by atoms with van der Waals surface area (Å²) in [5.74, 6) is -0.909. The molecule has 3 nitrogen and oxygen atoms in total. The fourth-order valence-corrected chi connectivity index (χ4v) is 2.01. The van der Waals surface area contributed by atoms with E-state index in [9.17, 15) is 4.79 Å². The second-order valence-corrected chi connectivity index (χ2v) is 4.75. The Labute approximate surface area is 116 Å². The Balaban J connectivity index is 2.04. The van der Waals surface area contributed by atoms with Crippen LogP contribution in [0.5, 0.6) is 0 Å². The maximum Gasteiger partial charge on any atom is 0.335 e. The third-order valence-electron chi connectivity index (χ3n) is 2.87. The number of anilines is 1. The van der Waals surface area contributed by atoms with E-state index in [1.165, 1.54) is 0 Å². The minimum absolute atomic E-state index is 0.298. The van der Waals surface area contributed by atoms with Crippen LogP contribution in [0, 0.1) is 6.92 Å². The number of aryl methyl sites for hydroxylation is 1. The Morgan fingerprint density at radius 2 is 1.89 bits per heavy atom. The van der Waals surface area contributed by atoms with Gasteiger partial charge in [0.05, 0.1) is 5.56 Å². The van der Waals surface area contributed by atoms with Crippen LogP contribution in [0.1, 0.15) is 21.5 Å². The molecule has 2 N–H and O–H groups in total. The molecule has 0 heterocycles. The lowest BCUT2D eigenvalue weighted by molar-refractivity contribution is 0.0697. The minimum atomic E-state index is -0.909. The first kappa shape index (κ1) is 13.4. The molecule has 0 bridgehead atoms. The van der Waals surface area contributed by atoms with Gasteiger partial charge in [0.15, 0.2) is 0 Å². The van der Waals surface area contributed by atoms with E-state index in [0.29, 0.717) is 17.1 Å². The Morgan fingerprint density at radius 1 is 1.21 bits per heavy atom. The number of benzene rings is 2. The van der Waals surface area contributed by atoms with Crippen molar-refractivity contribution in [3.63, 3.8) is 0 Å². The van der Waals surface area contributed by atoms with Crippen LogP contribution in [-0.2, 0) is 6.54 Å². The van der Waals surface area contributed by atoms with Crippen molar-refractivity contribution in [3.05, 3.63) is 64.2 Å². The molecule has 2 rings (SSSR count). The molecule has 0 fully saturated rings. The van der Waals surface area contributed by atoms with Gasteiger partial charge in [0.25, 0.3) is 0 Å². The largest absolute Gasteiger partial charge is 0.478 e. The average Bonchev–Trinajstić information content (AvgIpc) is 2.38. The summed E-state index contributed by atoms with van der Waals surface area (Å²) in [4.78, 5) is 10.7. The van der Waals surface area contributed by atoms with Crippen molar-refractivity contribution in [3.8, 4) is 0 Å². The lowest BCUT2D eigenvalue weighted by atomic mass is 10.1. The van der Waals surface area contributed by atoms with Gasteiger partial charge in [-0.15, -0.1) is 0 Å². The number of rotatable bonds is 4. The van der Waals surface area contributed by atoms with E-state index >= 15 is 0 Å². The Kier molecular flexibility index (Phi) is 4.07. The van der Waals surface area contributed by atoms with E-state index in [2.05, 4.69) is 5.32 Å². The molecule has 0 radical (unpaired) electrons. The number of hydrogen-bond acceptors (Lipinski definition) is 2. The van der Waals surface area contributed by atoms with Gasteiger partial charge in [-0.1, -0.05) is 23.7 Å². The average molecular weight is 276 g/mol. The van der Waals surface area contributed by atoms with Crippen molar-refractivity contribution >= 4 is 23.3 Å². The van der Waals surface area contributed by atoms with E-state index in [4.69, 9.17) is 16.7 Å². The Bertz CT molecular complexity index is 594. The maximum absolute atomic E-state index is 10.7. The first-order valence-electron chi connectivity index (χ1n) is 5.88. The molecule has 0 saturated heterocycles. The topological polar surface area (TPSA) is 49.3 Å². The molecule has 0 unspecified atom stereocenters. The second kappa shape index (κ2) is 5.76. The van der Waals surface area contributed by atoms with Crippen molar-refractivity contribution < 1.29 is 9.90 Å². The van der Waals surface area contributed by atoms with Crippen LogP contribution in [0.15, 0.2) is 42.5 Å². The molecule has 0 aliphatic carbocycles. The van der Waals surface area contributed by atoms with Crippen LogP contribution in [-0.4, -0.2) is 11.1 Å². The third kappa shape index (κ3) is 3.48. The molecule has 0 aromatic heterocycles. The normalized spacial score (nSPS) is 10.2. The summed E-state index contributed by atoms with van der Waals surface area (Å²) in [5, 5.41) is 12.8. The highest BCUT2D eigenvalue weighted by Crippen LogP contribution is 2.20. The van der Waals surface area contributed by atoms with Crippen LogP contribution in [0.4, 0.5) is 5.69 Å². The van der Waals surface area contributed by atoms with Crippen LogP contribution in [0.3, 0.4) is 0 Å². The monoisotopic (exact) mass is 275 g/mol. The van der Waals surface area contributed by atoms with E-state index in [-0.39, 0.29) is 0 Å². The standard InChI is InChI=1S/C15H14ClNO2/c1-10-8-13(16)6-7-14(10)17-9-11-2-4-12(5-3-11)15(18)19/h2-8,17H,9H2,1H3,(H,18,19). The Hall–Kier alpha value is -2.00. The summed E-state index contributed by atoms with van der Waals surface area (Å²) >= 11 is 5.90. The van der Waals surface area contributed by atoms with Gasteiger partial charge in [-0.3, -0.25) is 0 Å². The summed E-state index contributed by atoms with van der Waals surface area (Å²) in [6.45, 7) is 2.63. The van der Waals surface area contributed by atoms with Gasteiger partial charge in [0, 0.05) is 17.3 Å².